The highest BCUT2D eigenvalue weighted by molar-refractivity contribution is 5.93. The second-order valence-corrected chi connectivity index (χ2v) is 5.74. The molecule has 2 N–H and O–H groups in total. The number of para-hydroxylation sites is 2. The first kappa shape index (κ1) is 18.0. The average molecular weight is 344 g/mol. The quantitative estimate of drug-likeness (QED) is 0.776. The van der Waals surface area contributed by atoms with Crippen molar-refractivity contribution >= 4 is 17.3 Å². The van der Waals surface area contributed by atoms with Gasteiger partial charge in [0.15, 0.2) is 12.4 Å². The van der Waals surface area contributed by atoms with Crippen molar-refractivity contribution in [2.24, 2.45) is 0 Å². The Balaban J connectivity index is 0.00000208. The van der Waals surface area contributed by atoms with Crippen molar-refractivity contribution in [2.45, 2.75) is 32.2 Å². The van der Waals surface area contributed by atoms with E-state index >= 15 is 0 Å². The lowest BCUT2D eigenvalue weighted by atomic mass is 10.0. The van der Waals surface area contributed by atoms with Gasteiger partial charge in [-0.05, 0) is 37.8 Å². The predicted molar refractivity (Wildman–Crippen MR) is 91.9 cm³/mol. The summed E-state index contributed by atoms with van der Waals surface area (Å²) in [7, 11) is 0. The molecule has 0 saturated carbocycles. The number of allylic oxidation sites excluding steroid dienone is 2. The van der Waals surface area contributed by atoms with Crippen LogP contribution in [-0.4, -0.2) is 5.91 Å². The summed E-state index contributed by atoms with van der Waals surface area (Å²) in [5.74, 6) is -0.0342. The summed E-state index contributed by atoms with van der Waals surface area (Å²) in [5, 5.41) is 6.46. The summed E-state index contributed by atoms with van der Waals surface area (Å²) in [6, 6.07) is 13.6. The van der Waals surface area contributed by atoms with Crippen LogP contribution >= 0.6 is 0 Å². The molecule has 3 rings (SSSR count). The topological polar surface area (TPSA) is 45.0 Å². The van der Waals surface area contributed by atoms with Crippen molar-refractivity contribution in [3.8, 4) is 0 Å². The third-order valence-electron chi connectivity index (χ3n) is 3.89. The molecule has 0 radical (unpaired) electrons. The van der Waals surface area contributed by atoms with E-state index in [-0.39, 0.29) is 18.3 Å². The summed E-state index contributed by atoms with van der Waals surface area (Å²) in [4.78, 5) is 12.3. The molecule has 0 spiro atoms. The number of aromatic nitrogens is 1. The normalized spacial score (nSPS) is 13.4. The molecule has 126 valence electrons. The Morgan fingerprint density at radius 3 is 2.46 bits per heavy atom. The fraction of sp³-hybridized carbons (Fsp3) is 0.263. The third kappa shape index (κ3) is 5.10. The Bertz CT molecular complexity index is 701. The molecule has 1 heterocycles. The first-order valence-electron chi connectivity index (χ1n) is 8.10. The molecule has 2 aromatic rings. The van der Waals surface area contributed by atoms with Crippen LogP contribution in [0.25, 0.3) is 0 Å². The maximum Gasteiger partial charge on any atom is 0.290 e. The number of benzene rings is 1. The highest BCUT2D eigenvalue weighted by Crippen LogP contribution is 2.26. The van der Waals surface area contributed by atoms with Crippen LogP contribution in [0.2, 0.25) is 0 Å². The second kappa shape index (κ2) is 9.08. The van der Waals surface area contributed by atoms with Crippen LogP contribution in [0.1, 0.15) is 25.7 Å². The van der Waals surface area contributed by atoms with E-state index in [9.17, 15) is 4.79 Å². The Kier molecular flexibility index (Phi) is 6.82. The van der Waals surface area contributed by atoms with Gasteiger partial charge in [0.05, 0.1) is 11.4 Å². The smallest absolute Gasteiger partial charge is 0.290 e. The number of nitrogens with zero attached hydrogens (tertiary/aromatic N) is 1. The summed E-state index contributed by atoms with van der Waals surface area (Å²) < 4.78 is 1.86. The zero-order valence-corrected chi connectivity index (χ0v) is 14.3. The van der Waals surface area contributed by atoms with Gasteiger partial charge >= 0.3 is 0 Å². The fourth-order valence-electron chi connectivity index (χ4n) is 2.72. The Labute approximate surface area is 149 Å². The monoisotopic (exact) mass is 343 g/mol. The molecule has 0 atom stereocenters. The number of amides is 1. The predicted octanol–water partition coefficient (Wildman–Crippen LogP) is 0.487. The number of hydrogen-bond acceptors (Lipinski definition) is 2. The molecule has 4 nitrogen and oxygen atoms in total. The summed E-state index contributed by atoms with van der Waals surface area (Å²) in [6.07, 6.45) is 10.7. The van der Waals surface area contributed by atoms with Gasteiger partial charge in [0.1, 0.15) is 0 Å². The van der Waals surface area contributed by atoms with Gasteiger partial charge in [-0.3, -0.25) is 4.79 Å². The number of pyridine rings is 1. The summed E-state index contributed by atoms with van der Waals surface area (Å²) in [6.45, 7) is 0.303. The number of hydrogen-bond donors (Lipinski definition) is 2. The molecule has 24 heavy (non-hydrogen) atoms. The Morgan fingerprint density at radius 1 is 1.00 bits per heavy atom. The van der Waals surface area contributed by atoms with Crippen LogP contribution in [0, 0.1) is 0 Å². The maximum atomic E-state index is 12.3. The SMILES string of the molecule is O=C(C[n+]1ccccc1)Nc1ccccc1NC1=CCCCC1.[Cl-]. The van der Waals surface area contributed by atoms with Crippen LogP contribution in [0.5, 0.6) is 0 Å². The van der Waals surface area contributed by atoms with E-state index in [2.05, 4.69) is 16.7 Å². The van der Waals surface area contributed by atoms with Crippen molar-refractivity contribution in [2.75, 3.05) is 10.6 Å². The number of carbonyl (C=O) groups excluding carboxylic acids is 1. The van der Waals surface area contributed by atoms with Crippen molar-refractivity contribution in [3.05, 3.63) is 66.6 Å². The number of halogens is 1. The largest absolute Gasteiger partial charge is 1.00 e. The van der Waals surface area contributed by atoms with Crippen LogP contribution in [0.3, 0.4) is 0 Å². The molecular formula is C19H22ClN3O. The number of rotatable bonds is 5. The van der Waals surface area contributed by atoms with Gasteiger partial charge in [0, 0.05) is 17.8 Å². The third-order valence-corrected chi connectivity index (χ3v) is 3.89. The maximum absolute atomic E-state index is 12.3. The molecule has 0 saturated heterocycles. The van der Waals surface area contributed by atoms with Gasteiger partial charge in [-0.25, -0.2) is 0 Å². The molecular weight excluding hydrogens is 322 g/mol. The average Bonchev–Trinajstić information content (AvgIpc) is 2.58. The first-order chi connectivity index (χ1) is 11.3. The molecule has 0 aliphatic heterocycles. The minimum Gasteiger partial charge on any atom is -1.00 e. The fourth-order valence-corrected chi connectivity index (χ4v) is 2.72. The number of anilines is 2. The van der Waals surface area contributed by atoms with E-state index in [1.165, 1.54) is 18.5 Å². The van der Waals surface area contributed by atoms with Crippen LogP contribution in [-0.2, 0) is 11.3 Å². The van der Waals surface area contributed by atoms with Gasteiger partial charge in [-0.15, -0.1) is 0 Å². The molecule has 0 bridgehead atoms. The number of carbonyl (C=O) groups is 1. The minimum atomic E-state index is -0.0342. The Morgan fingerprint density at radius 2 is 1.75 bits per heavy atom. The van der Waals surface area contributed by atoms with E-state index in [1.807, 2.05) is 59.4 Å². The van der Waals surface area contributed by atoms with Gasteiger partial charge in [0.2, 0.25) is 6.54 Å². The van der Waals surface area contributed by atoms with Gasteiger partial charge < -0.3 is 23.0 Å². The molecule has 5 heteroatoms. The lowest BCUT2D eigenvalue weighted by Gasteiger charge is -2.17. The highest BCUT2D eigenvalue weighted by atomic mass is 35.5. The molecule has 0 unspecified atom stereocenters. The van der Waals surface area contributed by atoms with E-state index in [1.54, 1.807) is 0 Å². The molecule has 1 amide bonds. The molecule has 1 aliphatic rings. The van der Waals surface area contributed by atoms with Crippen molar-refractivity contribution < 1.29 is 21.8 Å². The standard InChI is InChI=1S/C19H21N3O.ClH/c23-19(15-22-13-7-2-8-14-22)21-18-12-6-5-11-17(18)20-16-9-3-1-4-10-16;/h2,5-9,11-14,20H,1,3-4,10,15H2;1H. The van der Waals surface area contributed by atoms with E-state index in [4.69, 9.17) is 0 Å². The van der Waals surface area contributed by atoms with Crippen LogP contribution < -0.4 is 27.6 Å². The highest BCUT2D eigenvalue weighted by Gasteiger charge is 2.12. The van der Waals surface area contributed by atoms with Gasteiger partial charge in [-0.1, -0.05) is 24.3 Å². The molecule has 1 aliphatic carbocycles. The molecule has 0 fully saturated rings. The van der Waals surface area contributed by atoms with Crippen molar-refractivity contribution in [1.29, 1.82) is 0 Å². The van der Waals surface area contributed by atoms with Gasteiger partial charge in [-0.2, -0.15) is 4.57 Å². The minimum absolute atomic E-state index is 0. The van der Waals surface area contributed by atoms with E-state index in [0.717, 1.165) is 24.2 Å². The summed E-state index contributed by atoms with van der Waals surface area (Å²) >= 11 is 0. The number of nitrogens with one attached hydrogen (secondary N) is 2. The molecule has 1 aromatic carbocycles. The lowest BCUT2D eigenvalue weighted by Crippen LogP contribution is -3.00. The summed E-state index contributed by atoms with van der Waals surface area (Å²) in [5.41, 5.74) is 3.02. The van der Waals surface area contributed by atoms with Crippen molar-refractivity contribution in [1.82, 2.24) is 0 Å². The molecule has 1 aromatic heterocycles. The zero-order valence-electron chi connectivity index (χ0n) is 13.5. The van der Waals surface area contributed by atoms with Crippen LogP contribution in [0.4, 0.5) is 11.4 Å². The Hall–Kier alpha value is -2.33. The lowest BCUT2D eigenvalue weighted by molar-refractivity contribution is -0.684. The first-order valence-corrected chi connectivity index (χ1v) is 8.10. The van der Waals surface area contributed by atoms with E-state index in [0.29, 0.717) is 6.54 Å². The van der Waals surface area contributed by atoms with Gasteiger partial charge in [0.25, 0.3) is 5.91 Å². The second-order valence-electron chi connectivity index (χ2n) is 5.74. The van der Waals surface area contributed by atoms with Crippen molar-refractivity contribution in [3.63, 3.8) is 0 Å². The van der Waals surface area contributed by atoms with Crippen LogP contribution in [0.15, 0.2) is 66.6 Å². The van der Waals surface area contributed by atoms with E-state index < -0.39 is 0 Å². The zero-order chi connectivity index (χ0) is 15.9.